The number of nitro groups is 1. The number of hydrogen-bond donors (Lipinski definition) is 1. The number of nitrogens with one attached hydrogen (secondary N) is 1. The first-order valence-corrected chi connectivity index (χ1v) is 17.0. The molecule has 0 aromatic heterocycles. The second-order valence-corrected chi connectivity index (χ2v) is 13.6. The van der Waals surface area contributed by atoms with Gasteiger partial charge in [-0.2, -0.15) is 0 Å². The van der Waals surface area contributed by atoms with Crippen LogP contribution in [-0.2, 0) is 32.6 Å². The third-order valence-electron chi connectivity index (χ3n) is 7.55. The van der Waals surface area contributed by atoms with Crippen LogP contribution in [0.5, 0.6) is 0 Å². The van der Waals surface area contributed by atoms with Gasteiger partial charge in [0.15, 0.2) is 0 Å². The monoisotopic (exact) mass is 696 g/mol. The lowest BCUT2D eigenvalue weighted by molar-refractivity contribution is -0.384. The first-order valence-electron chi connectivity index (χ1n) is 14.8. The molecule has 246 valence electrons. The largest absolute Gasteiger partial charge is 0.352 e. The van der Waals surface area contributed by atoms with Crippen LogP contribution in [0.1, 0.15) is 31.4 Å². The minimum Gasteiger partial charge on any atom is -0.352 e. The molecule has 0 saturated heterocycles. The molecule has 4 rings (SSSR count). The Labute approximate surface area is 284 Å². The topological polar surface area (TPSA) is 130 Å². The summed E-state index contributed by atoms with van der Waals surface area (Å²) < 4.78 is 29.0. The van der Waals surface area contributed by atoms with E-state index in [1.54, 1.807) is 24.3 Å². The molecule has 4 aromatic rings. The lowest BCUT2D eigenvalue weighted by Crippen LogP contribution is -2.54. The molecule has 1 N–H and O–H groups in total. The summed E-state index contributed by atoms with van der Waals surface area (Å²) in [4.78, 5) is 40.6. The fourth-order valence-electron chi connectivity index (χ4n) is 4.84. The Morgan fingerprint density at radius 1 is 0.872 bits per heavy atom. The molecule has 0 aliphatic carbocycles. The van der Waals surface area contributed by atoms with Crippen molar-refractivity contribution in [2.24, 2.45) is 0 Å². The highest BCUT2D eigenvalue weighted by Gasteiger charge is 2.35. The van der Waals surface area contributed by atoms with Crippen molar-refractivity contribution in [2.45, 2.75) is 50.2 Å². The number of rotatable bonds is 14. The highest BCUT2D eigenvalue weighted by atomic mass is 35.5. The van der Waals surface area contributed by atoms with Gasteiger partial charge in [0.05, 0.1) is 25.6 Å². The molecule has 0 aliphatic heterocycles. The molecule has 0 unspecified atom stereocenters. The van der Waals surface area contributed by atoms with Gasteiger partial charge in [-0.3, -0.25) is 24.0 Å². The molecule has 2 atom stereocenters. The number of carbonyl (C=O) groups excluding carboxylic acids is 2. The van der Waals surface area contributed by atoms with Crippen LogP contribution >= 0.6 is 23.2 Å². The maximum Gasteiger partial charge on any atom is 0.271 e. The molecule has 0 heterocycles. The maximum atomic E-state index is 14.5. The molecule has 13 heteroatoms. The number of halogens is 2. The van der Waals surface area contributed by atoms with Gasteiger partial charge >= 0.3 is 0 Å². The SMILES string of the molecule is CC[C@H](C)NC(=O)[C@@H](Cc1ccccc1)N(Cc1ccc(Cl)c(Cl)c1)C(=O)CN(c1cccc([N+](=O)[O-])c1)S(=O)(=O)c1ccccc1. The third kappa shape index (κ3) is 9.09. The van der Waals surface area contributed by atoms with E-state index in [-0.39, 0.29) is 40.3 Å². The van der Waals surface area contributed by atoms with Crippen molar-refractivity contribution in [1.29, 1.82) is 0 Å². The maximum absolute atomic E-state index is 14.5. The second-order valence-electron chi connectivity index (χ2n) is 10.9. The predicted octanol–water partition coefficient (Wildman–Crippen LogP) is 6.65. The summed E-state index contributed by atoms with van der Waals surface area (Å²) in [5.41, 5.74) is 0.881. The van der Waals surface area contributed by atoms with Crippen LogP contribution in [0.25, 0.3) is 0 Å². The highest BCUT2D eigenvalue weighted by molar-refractivity contribution is 7.92. The van der Waals surface area contributed by atoms with E-state index in [0.29, 0.717) is 17.0 Å². The molecule has 4 aromatic carbocycles. The smallest absolute Gasteiger partial charge is 0.271 e. The Balaban J connectivity index is 1.84. The number of anilines is 1. The molecule has 2 amide bonds. The summed E-state index contributed by atoms with van der Waals surface area (Å²) in [5.74, 6) is -1.15. The van der Waals surface area contributed by atoms with E-state index in [0.717, 1.165) is 15.9 Å². The molecule has 0 saturated carbocycles. The zero-order chi connectivity index (χ0) is 34.1. The van der Waals surface area contributed by atoms with Gasteiger partial charge in [0, 0.05) is 31.1 Å². The van der Waals surface area contributed by atoms with E-state index >= 15 is 0 Å². The second kappa shape index (κ2) is 15.9. The van der Waals surface area contributed by atoms with E-state index in [4.69, 9.17) is 23.2 Å². The van der Waals surface area contributed by atoms with E-state index in [1.165, 1.54) is 47.4 Å². The van der Waals surface area contributed by atoms with E-state index < -0.39 is 39.3 Å². The number of nitrogens with zero attached hydrogens (tertiary/aromatic N) is 3. The predicted molar refractivity (Wildman–Crippen MR) is 183 cm³/mol. The van der Waals surface area contributed by atoms with Crippen LogP contribution in [0.4, 0.5) is 11.4 Å². The van der Waals surface area contributed by atoms with Gasteiger partial charge in [0.25, 0.3) is 15.7 Å². The van der Waals surface area contributed by atoms with Crippen LogP contribution in [0.2, 0.25) is 10.0 Å². The zero-order valence-electron chi connectivity index (χ0n) is 25.8. The van der Waals surface area contributed by atoms with Gasteiger partial charge in [-0.1, -0.05) is 90.8 Å². The summed E-state index contributed by atoms with van der Waals surface area (Å²) in [6.07, 6.45) is 0.763. The van der Waals surface area contributed by atoms with Gasteiger partial charge in [-0.25, -0.2) is 8.42 Å². The molecular formula is C34H34Cl2N4O6S. The normalized spacial score (nSPS) is 12.5. The van der Waals surface area contributed by atoms with Crippen LogP contribution in [0.3, 0.4) is 0 Å². The van der Waals surface area contributed by atoms with Crippen LogP contribution < -0.4 is 9.62 Å². The fraction of sp³-hybridized carbons (Fsp3) is 0.235. The van der Waals surface area contributed by atoms with Crippen molar-refractivity contribution < 1.29 is 22.9 Å². The van der Waals surface area contributed by atoms with Crippen molar-refractivity contribution in [3.8, 4) is 0 Å². The number of hydrogen-bond acceptors (Lipinski definition) is 6. The molecule has 0 aliphatic rings. The molecule has 0 spiro atoms. The van der Waals surface area contributed by atoms with Crippen molar-refractivity contribution in [1.82, 2.24) is 10.2 Å². The average molecular weight is 698 g/mol. The summed E-state index contributed by atoms with van der Waals surface area (Å²) in [6, 6.07) is 25.2. The van der Waals surface area contributed by atoms with Crippen LogP contribution in [-0.4, -0.2) is 48.7 Å². The molecular weight excluding hydrogens is 663 g/mol. The first-order chi connectivity index (χ1) is 22.4. The van der Waals surface area contributed by atoms with Gasteiger partial charge in [-0.05, 0) is 54.8 Å². The number of non-ortho nitro benzene ring substituents is 1. The van der Waals surface area contributed by atoms with Gasteiger partial charge in [0.1, 0.15) is 12.6 Å². The van der Waals surface area contributed by atoms with Gasteiger partial charge in [-0.15, -0.1) is 0 Å². The van der Waals surface area contributed by atoms with Gasteiger partial charge in [0.2, 0.25) is 11.8 Å². The van der Waals surface area contributed by atoms with E-state index in [2.05, 4.69) is 5.32 Å². The summed E-state index contributed by atoms with van der Waals surface area (Å²) in [7, 11) is -4.41. The molecule has 47 heavy (non-hydrogen) atoms. The number of amides is 2. The Bertz CT molecular complexity index is 1830. The third-order valence-corrected chi connectivity index (χ3v) is 10.1. The quantitative estimate of drug-likeness (QED) is 0.116. The molecule has 0 bridgehead atoms. The number of sulfonamides is 1. The Morgan fingerprint density at radius 2 is 1.53 bits per heavy atom. The van der Waals surface area contributed by atoms with E-state index in [9.17, 15) is 28.1 Å². The number of nitro benzene ring substituents is 1. The van der Waals surface area contributed by atoms with Crippen LogP contribution in [0.15, 0.2) is 108 Å². The molecule has 0 fully saturated rings. The van der Waals surface area contributed by atoms with Crippen molar-refractivity contribution in [3.05, 3.63) is 134 Å². The number of carbonyl (C=O) groups is 2. The number of benzene rings is 4. The summed E-state index contributed by atoms with van der Waals surface area (Å²) in [6.45, 7) is 2.89. The Hall–Kier alpha value is -4.45. The summed E-state index contributed by atoms with van der Waals surface area (Å²) in [5, 5.41) is 15.1. The van der Waals surface area contributed by atoms with Crippen molar-refractivity contribution in [2.75, 3.05) is 10.8 Å². The first kappa shape index (κ1) is 35.4. The van der Waals surface area contributed by atoms with Crippen molar-refractivity contribution >= 4 is 56.4 Å². The van der Waals surface area contributed by atoms with E-state index in [1.807, 2.05) is 44.2 Å². The fourth-order valence-corrected chi connectivity index (χ4v) is 6.59. The highest BCUT2D eigenvalue weighted by Crippen LogP contribution is 2.29. The van der Waals surface area contributed by atoms with Crippen molar-refractivity contribution in [3.63, 3.8) is 0 Å². The summed E-state index contributed by atoms with van der Waals surface area (Å²) >= 11 is 12.5. The minimum absolute atomic E-state index is 0.0884. The minimum atomic E-state index is -4.41. The average Bonchev–Trinajstić information content (AvgIpc) is 3.07. The Morgan fingerprint density at radius 3 is 2.15 bits per heavy atom. The van der Waals surface area contributed by atoms with Gasteiger partial charge < -0.3 is 10.2 Å². The molecule has 0 radical (unpaired) electrons. The van der Waals surface area contributed by atoms with Crippen LogP contribution in [0, 0.1) is 10.1 Å². The lowest BCUT2D eigenvalue weighted by atomic mass is 10.0. The Kier molecular flexibility index (Phi) is 12.0. The molecule has 10 nitrogen and oxygen atoms in total. The zero-order valence-corrected chi connectivity index (χ0v) is 28.1. The lowest BCUT2D eigenvalue weighted by Gasteiger charge is -2.34. The standard InChI is InChI=1S/C34H34Cl2N4O6S/c1-3-24(2)37-34(42)32(20-25-11-6-4-7-12-25)38(22-26-17-18-30(35)31(36)19-26)33(41)23-39(27-13-10-14-28(21-27)40(43)44)47(45,46)29-15-8-5-9-16-29/h4-19,21,24,32H,3,20,22-23H2,1-2H3,(H,37,42)/t24-,32+/m0/s1.